The molecule has 0 saturated heterocycles. The van der Waals surface area contributed by atoms with Crippen molar-refractivity contribution in [1.29, 1.82) is 0 Å². The van der Waals surface area contributed by atoms with Crippen molar-refractivity contribution in [2.24, 2.45) is 0 Å². The average Bonchev–Trinajstić information content (AvgIpc) is 2.14. The second-order valence-electron chi connectivity index (χ2n) is 3.68. The molecule has 0 rings (SSSR count). The molecule has 0 aliphatic heterocycles. The molecular formula is C6H8F6O5S2. The number of rotatable bonds is 5. The molecule has 5 nitrogen and oxygen atoms in total. The zero-order valence-corrected chi connectivity index (χ0v) is 10.9. The molecule has 0 fully saturated rings. The van der Waals surface area contributed by atoms with Crippen LogP contribution in [-0.2, 0) is 20.0 Å². The molecule has 0 atom stereocenters. The topological polar surface area (TPSA) is 88.5 Å². The van der Waals surface area contributed by atoms with E-state index >= 15 is 0 Å². The van der Waals surface area contributed by atoms with Crippen LogP contribution in [0.4, 0.5) is 26.3 Å². The lowest BCUT2D eigenvalue weighted by molar-refractivity contribution is -0.245. The van der Waals surface area contributed by atoms with Gasteiger partial charge in [0.15, 0.2) is 0 Å². The highest BCUT2D eigenvalue weighted by Crippen LogP contribution is 2.51. The van der Waals surface area contributed by atoms with E-state index in [2.05, 4.69) is 0 Å². The van der Waals surface area contributed by atoms with Crippen LogP contribution < -0.4 is 0 Å². The van der Waals surface area contributed by atoms with Gasteiger partial charge in [-0.25, -0.2) is 8.42 Å². The first-order valence-corrected chi connectivity index (χ1v) is 7.27. The van der Waals surface area contributed by atoms with Gasteiger partial charge in [-0.3, -0.25) is 4.55 Å². The Kier molecular flexibility index (Phi) is 4.35. The van der Waals surface area contributed by atoms with E-state index in [9.17, 15) is 43.2 Å². The Morgan fingerprint density at radius 1 is 0.842 bits per heavy atom. The number of sulfone groups is 1. The highest BCUT2D eigenvalue weighted by molar-refractivity contribution is 7.93. The van der Waals surface area contributed by atoms with Crippen LogP contribution in [0.3, 0.4) is 0 Å². The van der Waals surface area contributed by atoms with Crippen molar-refractivity contribution in [2.75, 3.05) is 0 Å². The van der Waals surface area contributed by atoms with E-state index in [4.69, 9.17) is 4.55 Å². The molecule has 1 N–H and O–H groups in total. The van der Waals surface area contributed by atoms with Gasteiger partial charge in [0.2, 0.25) is 9.84 Å². The number of halogens is 6. The van der Waals surface area contributed by atoms with Gasteiger partial charge in [0.25, 0.3) is 0 Å². The van der Waals surface area contributed by atoms with Crippen LogP contribution in [0.25, 0.3) is 0 Å². The summed E-state index contributed by atoms with van der Waals surface area (Å²) in [4.78, 5) is 0. The van der Waals surface area contributed by atoms with Gasteiger partial charge >= 0.3 is 26.5 Å². The molecule has 19 heavy (non-hydrogen) atoms. The molecular weight excluding hydrogens is 330 g/mol. The molecule has 0 aromatic carbocycles. The quantitative estimate of drug-likeness (QED) is 0.606. The molecule has 0 heterocycles. The summed E-state index contributed by atoms with van der Waals surface area (Å²) >= 11 is 0. The standard InChI is InChI=1S/C6H8F6O5S2/c1-3(2)18(13,14)5(9,10)4(7,8)6(11,12)19(15,16)17/h3H,1-2H3,(H,15,16,17). The van der Waals surface area contributed by atoms with E-state index in [0.29, 0.717) is 13.8 Å². The summed E-state index contributed by atoms with van der Waals surface area (Å²) in [7, 11) is -13.1. The van der Waals surface area contributed by atoms with Crippen LogP contribution in [0.2, 0.25) is 0 Å². The van der Waals surface area contributed by atoms with Crippen LogP contribution >= 0.6 is 0 Å². The van der Waals surface area contributed by atoms with Crippen LogP contribution in [-0.4, -0.2) is 43.1 Å². The van der Waals surface area contributed by atoms with Crippen molar-refractivity contribution in [3.63, 3.8) is 0 Å². The van der Waals surface area contributed by atoms with Gasteiger partial charge in [0, 0.05) is 0 Å². The van der Waals surface area contributed by atoms with E-state index in [1.165, 1.54) is 0 Å². The first-order valence-electron chi connectivity index (χ1n) is 4.28. The molecule has 0 spiro atoms. The highest BCUT2D eigenvalue weighted by Gasteiger charge is 2.82. The third-order valence-corrected chi connectivity index (χ3v) is 5.15. The van der Waals surface area contributed by atoms with Gasteiger partial charge in [0.05, 0.1) is 5.25 Å². The second-order valence-corrected chi connectivity index (χ2v) is 7.69. The number of alkyl halides is 6. The molecule has 116 valence electrons. The Hall–Kier alpha value is -0.560. The number of hydrogen-bond acceptors (Lipinski definition) is 4. The monoisotopic (exact) mass is 338 g/mol. The lowest BCUT2D eigenvalue weighted by Gasteiger charge is -2.31. The van der Waals surface area contributed by atoms with E-state index in [-0.39, 0.29) is 0 Å². The van der Waals surface area contributed by atoms with Crippen LogP contribution in [0.1, 0.15) is 13.8 Å². The van der Waals surface area contributed by atoms with Crippen LogP contribution in [0, 0.1) is 0 Å². The third-order valence-electron chi connectivity index (χ3n) is 2.03. The lowest BCUT2D eigenvalue weighted by Crippen LogP contribution is -2.61. The second kappa shape index (κ2) is 4.48. The van der Waals surface area contributed by atoms with Crippen molar-refractivity contribution < 1.29 is 47.7 Å². The summed E-state index contributed by atoms with van der Waals surface area (Å²) in [6.45, 7) is 1.01. The van der Waals surface area contributed by atoms with Gasteiger partial charge in [-0.1, -0.05) is 0 Å². The predicted octanol–water partition coefficient (Wildman–Crippen LogP) is 1.52. The summed E-state index contributed by atoms with van der Waals surface area (Å²) in [6, 6.07) is 0. The molecule has 0 aliphatic carbocycles. The molecule has 0 aromatic heterocycles. The summed E-state index contributed by atoms with van der Waals surface area (Å²) in [6.07, 6.45) is 0. The van der Waals surface area contributed by atoms with Gasteiger partial charge in [-0.15, -0.1) is 0 Å². The zero-order valence-electron chi connectivity index (χ0n) is 9.24. The maximum absolute atomic E-state index is 13.1. The van der Waals surface area contributed by atoms with Crippen LogP contribution in [0.5, 0.6) is 0 Å². The summed E-state index contributed by atoms with van der Waals surface area (Å²) in [5.74, 6) is -6.85. The van der Waals surface area contributed by atoms with Crippen molar-refractivity contribution >= 4 is 20.0 Å². The van der Waals surface area contributed by atoms with Gasteiger partial charge in [0.1, 0.15) is 0 Å². The minimum Gasteiger partial charge on any atom is -0.281 e. The zero-order chi connectivity index (χ0) is 16.1. The lowest BCUT2D eigenvalue weighted by atomic mass is 10.3. The summed E-state index contributed by atoms with van der Waals surface area (Å²) < 4.78 is 127. The van der Waals surface area contributed by atoms with Crippen molar-refractivity contribution in [3.05, 3.63) is 0 Å². The fourth-order valence-corrected chi connectivity index (χ4v) is 2.40. The predicted molar refractivity (Wildman–Crippen MR) is 50.4 cm³/mol. The average molecular weight is 338 g/mol. The van der Waals surface area contributed by atoms with Crippen LogP contribution in [0.15, 0.2) is 0 Å². The molecule has 0 saturated carbocycles. The van der Waals surface area contributed by atoms with Gasteiger partial charge < -0.3 is 0 Å². The fraction of sp³-hybridized carbons (Fsp3) is 1.00. The molecule has 0 amide bonds. The minimum atomic E-state index is -6.96. The van der Waals surface area contributed by atoms with Gasteiger partial charge in [-0.2, -0.15) is 34.8 Å². The van der Waals surface area contributed by atoms with E-state index in [1.807, 2.05) is 0 Å². The molecule has 0 unspecified atom stereocenters. The van der Waals surface area contributed by atoms with E-state index < -0.39 is 41.6 Å². The molecule has 0 bridgehead atoms. The van der Waals surface area contributed by atoms with Crippen molar-refractivity contribution in [1.82, 2.24) is 0 Å². The van der Waals surface area contributed by atoms with Gasteiger partial charge in [-0.05, 0) is 13.8 Å². The van der Waals surface area contributed by atoms with E-state index in [0.717, 1.165) is 0 Å². The maximum atomic E-state index is 13.1. The largest absolute Gasteiger partial charge is 0.439 e. The minimum absolute atomic E-state index is 0.505. The maximum Gasteiger partial charge on any atom is 0.439 e. The Bertz CT molecular complexity index is 549. The molecule has 0 aromatic rings. The molecule has 0 aliphatic rings. The Balaban J connectivity index is 6.23. The third kappa shape index (κ3) is 2.42. The normalized spacial score (nSPS) is 15.9. The first kappa shape index (κ1) is 18.4. The molecule has 0 radical (unpaired) electrons. The Labute approximate surface area is 104 Å². The van der Waals surface area contributed by atoms with Crippen molar-refractivity contribution in [2.45, 2.75) is 35.5 Å². The molecule has 13 heteroatoms. The fourth-order valence-electron chi connectivity index (χ4n) is 0.806. The highest BCUT2D eigenvalue weighted by atomic mass is 32.2. The Morgan fingerprint density at radius 2 is 1.16 bits per heavy atom. The summed E-state index contributed by atoms with van der Waals surface area (Å²) in [5.41, 5.74) is 0. The van der Waals surface area contributed by atoms with Crippen molar-refractivity contribution in [3.8, 4) is 0 Å². The SMILES string of the molecule is CC(C)S(=O)(=O)C(F)(F)C(F)(F)C(F)(F)S(=O)(=O)O. The summed E-state index contributed by atoms with van der Waals surface area (Å²) in [5, 5.41) is -15.3. The Morgan fingerprint density at radius 3 is 1.37 bits per heavy atom. The van der Waals surface area contributed by atoms with E-state index in [1.54, 1.807) is 0 Å². The first-order chi connectivity index (χ1) is 7.94. The smallest absolute Gasteiger partial charge is 0.281 e. The number of hydrogen-bond donors (Lipinski definition) is 1.